The van der Waals surface area contributed by atoms with Crippen molar-refractivity contribution in [3.05, 3.63) is 96.7 Å². The number of rotatable bonds is 7. The molecule has 1 aliphatic carbocycles. The van der Waals surface area contributed by atoms with Crippen LogP contribution in [0.4, 0.5) is 5.95 Å². The molecular formula is C38H40N10O. The molecule has 5 aromatic rings. The number of allylic oxidation sites excluding steroid dienone is 3. The van der Waals surface area contributed by atoms with E-state index in [2.05, 4.69) is 73.5 Å². The van der Waals surface area contributed by atoms with E-state index >= 15 is 0 Å². The van der Waals surface area contributed by atoms with Crippen molar-refractivity contribution in [2.75, 3.05) is 50.7 Å². The lowest BCUT2D eigenvalue weighted by atomic mass is 9.90. The van der Waals surface area contributed by atoms with Crippen molar-refractivity contribution in [2.24, 2.45) is 5.92 Å². The summed E-state index contributed by atoms with van der Waals surface area (Å²) in [5.41, 5.74) is 5.75. The first kappa shape index (κ1) is 31.0. The lowest BCUT2D eigenvalue weighted by Gasteiger charge is -2.34. The molecule has 0 bridgehead atoms. The average Bonchev–Trinajstić information content (AvgIpc) is 3.66. The van der Waals surface area contributed by atoms with E-state index in [4.69, 9.17) is 19.9 Å². The highest BCUT2D eigenvalue weighted by atomic mass is 16.2. The maximum atomic E-state index is 11.8. The summed E-state index contributed by atoms with van der Waals surface area (Å²) in [4.78, 5) is 42.4. The minimum atomic E-state index is 0.109. The Kier molecular flexibility index (Phi) is 8.65. The van der Waals surface area contributed by atoms with E-state index in [9.17, 15) is 4.79 Å². The second kappa shape index (κ2) is 13.7. The Morgan fingerprint density at radius 1 is 0.918 bits per heavy atom. The molecule has 1 amide bonds. The van der Waals surface area contributed by atoms with Gasteiger partial charge in [-0.15, -0.1) is 0 Å². The summed E-state index contributed by atoms with van der Waals surface area (Å²) in [5.74, 6) is 3.25. The zero-order chi connectivity index (χ0) is 33.2. The molecule has 49 heavy (non-hydrogen) atoms. The van der Waals surface area contributed by atoms with Crippen LogP contribution in [0, 0.1) is 5.92 Å². The number of carbonyl (C=O) groups excluding carboxylic acids is 1. The van der Waals surface area contributed by atoms with Gasteiger partial charge >= 0.3 is 0 Å². The molecule has 11 nitrogen and oxygen atoms in total. The highest BCUT2D eigenvalue weighted by Gasteiger charge is 2.26. The minimum Gasteiger partial charge on any atom is -0.339 e. The van der Waals surface area contributed by atoms with Gasteiger partial charge in [-0.25, -0.2) is 15.0 Å². The molecule has 0 saturated carbocycles. The van der Waals surface area contributed by atoms with Crippen molar-refractivity contribution in [1.29, 1.82) is 0 Å². The number of benzene rings is 1. The molecule has 2 saturated heterocycles. The Labute approximate surface area is 285 Å². The predicted octanol–water partition coefficient (Wildman–Crippen LogP) is 5.38. The van der Waals surface area contributed by atoms with Gasteiger partial charge in [0.1, 0.15) is 11.5 Å². The van der Waals surface area contributed by atoms with Crippen LogP contribution in [-0.4, -0.2) is 96.6 Å². The maximum Gasteiger partial charge on any atom is 0.227 e. The number of carbonyl (C=O) groups is 1. The molecule has 0 spiro atoms. The second-order valence-corrected chi connectivity index (χ2v) is 13.2. The first-order valence-corrected chi connectivity index (χ1v) is 17.3. The lowest BCUT2D eigenvalue weighted by molar-refractivity contribution is -0.129. The molecule has 1 atom stereocenters. The van der Waals surface area contributed by atoms with E-state index < -0.39 is 0 Å². The summed E-state index contributed by atoms with van der Waals surface area (Å²) in [6, 6.07) is 18.4. The molecule has 2 aliphatic heterocycles. The summed E-state index contributed by atoms with van der Waals surface area (Å²) in [6.45, 7) is 7.51. The molecular weight excluding hydrogens is 612 g/mol. The molecule has 0 radical (unpaired) electrons. The molecule has 11 heteroatoms. The SMILES string of the molecule is CC(=O)N1CCN(c2ncc3cc(-c4ccccc4)c(C4=CCC(CN5CCC(c6nc(-c7ccccn7)n[nH]6)CC5)C=C4)nc3n2)CC1. The molecule has 1 N–H and O–H groups in total. The Hall–Kier alpha value is -5.29. The number of H-pyrrole nitrogens is 1. The Morgan fingerprint density at radius 2 is 1.73 bits per heavy atom. The molecule has 2 fully saturated rings. The fourth-order valence-electron chi connectivity index (χ4n) is 7.15. The molecule has 248 valence electrons. The van der Waals surface area contributed by atoms with E-state index in [-0.39, 0.29) is 5.91 Å². The van der Waals surface area contributed by atoms with Gasteiger partial charge in [-0.3, -0.25) is 14.9 Å². The predicted molar refractivity (Wildman–Crippen MR) is 190 cm³/mol. The van der Waals surface area contributed by atoms with E-state index in [1.165, 1.54) is 0 Å². The van der Waals surface area contributed by atoms with Crippen molar-refractivity contribution >= 4 is 28.5 Å². The molecule has 1 aromatic carbocycles. The van der Waals surface area contributed by atoms with Crippen LogP contribution in [0.25, 0.3) is 39.3 Å². The number of anilines is 1. The quantitative estimate of drug-likeness (QED) is 0.247. The summed E-state index contributed by atoms with van der Waals surface area (Å²) in [6.07, 6.45) is 13.7. The van der Waals surface area contributed by atoms with Crippen LogP contribution in [-0.2, 0) is 4.79 Å². The largest absolute Gasteiger partial charge is 0.339 e. The van der Waals surface area contributed by atoms with Crippen LogP contribution >= 0.6 is 0 Å². The fraction of sp³-hybridized carbons (Fsp3) is 0.342. The summed E-state index contributed by atoms with van der Waals surface area (Å²) < 4.78 is 0. The van der Waals surface area contributed by atoms with Crippen molar-refractivity contribution in [3.63, 3.8) is 0 Å². The zero-order valence-electron chi connectivity index (χ0n) is 27.7. The standard InChI is InChI=1S/C38H40N10O/c1-26(49)47-19-21-48(22-20-47)38-40-24-31-23-32(28-7-3-2-4-8-28)34(41-35(31)43-38)29-12-10-27(11-13-29)25-46-17-14-30(15-18-46)36-42-37(45-44-36)33-9-5-6-16-39-33/h2-10,12-13,16,23-24,27,30H,11,14-15,17-22,25H2,1H3,(H,42,44,45). The van der Waals surface area contributed by atoms with E-state index in [1.807, 2.05) is 35.4 Å². The number of nitrogens with one attached hydrogen (secondary N) is 1. The topological polar surface area (TPSA) is 120 Å². The number of hydrogen-bond donors (Lipinski definition) is 1. The van der Waals surface area contributed by atoms with Gasteiger partial charge < -0.3 is 14.7 Å². The number of aromatic amines is 1. The van der Waals surface area contributed by atoms with Gasteiger partial charge in [0.15, 0.2) is 11.5 Å². The summed E-state index contributed by atoms with van der Waals surface area (Å²) in [5, 5.41) is 8.51. The van der Waals surface area contributed by atoms with Crippen LogP contribution < -0.4 is 4.90 Å². The summed E-state index contributed by atoms with van der Waals surface area (Å²) >= 11 is 0. The maximum absolute atomic E-state index is 11.8. The van der Waals surface area contributed by atoms with Gasteiger partial charge in [-0.1, -0.05) is 54.6 Å². The number of nitrogens with zero attached hydrogens (tertiary/aromatic N) is 9. The van der Waals surface area contributed by atoms with Gasteiger partial charge in [0.05, 0.1) is 5.69 Å². The van der Waals surface area contributed by atoms with Gasteiger partial charge in [0.2, 0.25) is 11.9 Å². The highest BCUT2D eigenvalue weighted by Crippen LogP contribution is 2.34. The smallest absolute Gasteiger partial charge is 0.227 e. The number of aromatic nitrogens is 7. The zero-order valence-corrected chi connectivity index (χ0v) is 27.7. The number of hydrogen-bond acceptors (Lipinski definition) is 9. The molecule has 8 rings (SSSR count). The normalized spacial score (nSPS) is 19.0. The van der Waals surface area contributed by atoms with Gasteiger partial charge in [0.25, 0.3) is 0 Å². The van der Waals surface area contributed by atoms with Gasteiger partial charge in [-0.05, 0) is 67.6 Å². The first-order chi connectivity index (χ1) is 24.1. The monoisotopic (exact) mass is 652 g/mol. The third kappa shape index (κ3) is 6.71. The van der Waals surface area contributed by atoms with Crippen molar-refractivity contribution in [1.82, 2.24) is 44.9 Å². The molecule has 3 aliphatic rings. The van der Waals surface area contributed by atoms with Crippen molar-refractivity contribution in [3.8, 4) is 22.6 Å². The highest BCUT2D eigenvalue weighted by molar-refractivity contribution is 5.90. The fourth-order valence-corrected chi connectivity index (χ4v) is 7.15. The van der Waals surface area contributed by atoms with Crippen LogP contribution in [0.1, 0.15) is 43.6 Å². The number of piperidine rings is 1. The van der Waals surface area contributed by atoms with Crippen LogP contribution in [0.5, 0.6) is 0 Å². The Morgan fingerprint density at radius 3 is 2.47 bits per heavy atom. The van der Waals surface area contributed by atoms with Gasteiger partial charge in [0, 0.05) is 68.9 Å². The van der Waals surface area contributed by atoms with E-state index in [0.717, 1.165) is 78.2 Å². The van der Waals surface area contributed by atoms with E-state index in [1.54, 1.807) is 13.1 Å². The molecule has 6 heterocycles. The van der Waals surface area contributed by atoms with Crippen LogP contribution in [0.2, 0.25) is 0 Å². The van der Waals surface area contributed by atoms with E-state index in [0.29, 0.717) is 55.4 Å². The average molecular weight is 653 g/mol. The van der Waals surface area contributed by atoms with Crippen molar-refractivity contribution < 1.29 is 4.79 Å². The number of fused-ring (bicyclic) bond motifs is 1. The number of likely N-dealkylation sites (tertiary alicyclic amines) is 1. The third-order valence-corrected chi connectivity index (χ3v) is 9.97. The number of amides is 1. The van der Waals surface area contributed by atoms with Gasteiger partial charge in [-0.2, -0.15) is 10.1 Å². The second-order valence-electron chi connectivity index (χ2n) is 13.2. The summed E-state index contributed by atoms with van der Waals surface area (Å²) in [7, 11) is 0. The first-order valence-electron chi connectivity index (χ1n) is 17.3. The van der Waals surface area contributed by atoms with Crippen LogP contribution in [0.15, 0.2) is 85.2 Å². The number of pyridine rings is 2. The van der Waals surface area contributed by atoms with Crippen molar-refractivity contribution in [2.45, 2.75) is 32.1 Å². The lowest BCUT2D eigenvalue weighted by Crippen LogP contribution is -2.48. The number of piperazine rings is 1. The third-order valence-electron chi connectivity index (χ3n) is 9.97. The molecule has 4 aromatic heterocycles. The molecule has 1 unspecified atom stereocenters. The Balaban J connectivity index is 0.953. The van der Waals surface area contributed by atoms with Crippen LogP contribution in [0.3, 0.4) is 0 Å². The minimum absolute atomic E-state index is 0.109. The Bertz CT molecular complexity index is 1990.